The third kappa shape index (κ3) is 2.83. The largest absolute Gasteiger partial charge is 0.573 e. The second kappa shape index (κ2) is 4.06. The van der Waals surface area contributed by atoms with Crippen molar-refractivity contribution in [1.82, 2.24) is 4.98 Å². The van der Waals surface area contributed by atoms with Crippen LogP contribution in [0.25, 0.3) is 0 Å². The van der Waals surface area contributed by atoms with Gasteiger partial charge in [0.1, 0.15) is 6.07 Å². The number of ether oxygens (including phenoxy) is 1. The highest BCUT2D eigenvalue weighted by Gasteiger charge is 2.32. The van der Waals surface area contributed by atoms with Gasteiger partial charge in [0.15, 0.2) is 5.75 Å². The lowest BCUT2D eigenvalue weighted by molar-refractivity contribution is -0.275. The van der Waals surface area contributed by atoms with Crippen LogP contribution in [-0.2, 0) is 0 Å². The van der Waals surface area contributed by atoms with Gasteiger partial charge in [0.2, 0.25) is 0 Å². The Bertz CT molecular complexity index is 425. The van der Waals surface area contributed by atoms with Crippen molar-refractivity contribution >= 4 is 15.9 Å². The number of rotatable bonds is 1. The Labute approximate surface area is 91.6 Å². The maximum absolute atomic E-state index is 11.9. The normalized spacial score (nSPS) is 10.9. The molecule has 0 radical (unpaired) electrons. The van der Waals surface area contributed by atoms with Crippen molar-refractivity contribution in [2.45, 2.75) is 13.3 Å². The number of alkyl halides is 3. The van der Waals surface area contributed by atoms with E-state index in [0.29, 0.717) is 5.69 Å². The standard InChI is InChI=1S/C8H4BrF3N2O/c1-4-5(2-13)7(9)6(3-14-4)15-8(10,11)12/h3H,1H3. The number of halogens is 4. The van der Waals surface area contributed by atoms with E-state index >= 15 is 0 Å². The second-order valence-electron chi connectivity index (χ2n) is 2.56. The van der Waals surface area contributed by atoms with Gasteiger partial charge >= 0.3 is 6.36 Å². The van der Waals surface area contributed by atoms with E-state index in [2.05, 4.69) is 25.7 Å². The molecule has 0 spiro atoms. The first kappa shape index (κ1) is 11.8. The molecule has 0 fully saturated rings. The van der Waals surface area contributed by atoms with Crippen LogP contribution in [0.5, 0.6) is 5.75 Å². The van der Waals surface area contributed by atoms with Gasteiger partial charge in [-0.1, -0.05) is 0 Å². The van der Waals surface area contributed by atoms with Crippen molar-refractivity contribution in [2.24, 2.45) is 0 Å². The molecular weight excluding hydrogens is 277 g/mol. The number of aromatic nitrogens is 1. The molecule has 0 saturated carbocycles. The SMILES string of the molecule is Cc1ncc(OC(F)(F)F)c(Br)c1C#N. The first-order valence-corrected chi connectivity index (χ1v) is 4.45. The lowest BCUT2D eigenvalue weighted by atomic mass is 10.2. The fraction of sp³-hybridized carbons (Fsp3) is 0.250. The van der Waals surface area contributed by atoms with Crippen LogP contribution in [-0.4, -0.2) is 11.3 Å². The molecule has 0 N–H and O–H groups in total. The van der Waals surface area contributed by atoms with E-state index in [0.717, 1.165) is 6.20 Å². The number of nitriles is 1. The third-order valence-corrected chi connectivity index (χ3v) is 2.30. The highest BCUT2D eigenvalue weighted by Crippen LogP contribution is 2.32. The zero-order valence-electron chi connectivity index (χ0n) is 7.39. The van der Waals surface area contributed by atoms with Crippen LogP contribution in [0, 0.1) is 18.3 Å². The Morgan fingerprint density at radius 2 is 2.13 bits per heavy atom. The Hall–Kier alpha value is -1.29. The van der Waals surface area contributed by atoms with Gasteiger partial charge in [0.05, 0.1) is 21.9 Å². The van der Waals surface area contributed by atoms with Gasteiger partial charge in [0, 0.05) is 0 Å². The van der Waals surface area contributed by atoms with E-state index in [4.69, 9.17) is 5.26 Å². The fourth-order valence-electron chi connectivity index (χ4n) is 0.885. The van der Waals surface area contributed by atoms with Crippen molar-refractivity contribution in [3.05, 3.63) is 21.9 Å². The number of hydrogen-bond acceptors (Lipinski definition) is 3. The van der Waals surface area contributed by atoms with Crippen LogP contribution in [0.3, 0.4) is 0 Å². The summed E-state index contributed by atoms with van der Waals surface area (Å²) in [7, 11) is 0. The van der Waals surface area contributed by atoms with E-state index in [9.17, 15) is 13.2 Å². The summed E-state index contributed by atoms with van der Waals surface area (Å²) in [6.07, 6.45) is -3.89. The summed E-state index contributed by atoms with van der Waals surface area (Å²) in [6.45, 7) is 1.51. The van der Waals surface area contributed by atoms with Gasteiger partial charge in [-0.2, -0.15) is 5.26 Å². The number of hydrogen-bond donors (Lipinski definition) is 0. The Morgan fingerprint density at radius 1 is 1.53 bits per heavy atom. The molecular formula is C8H4BrF3N2O. The van der Waals surface area contributed by atoms with E-state index in [1.54, 1.807) is 6.07 Å². The predicted molar refractivity (Wildman–Crippen MR) is 48.1 cm³/mol. The van der Waals surface area contributed by atoms with Crippen molar-refractivity contribution < 1.29 is 17.9 Å². The van der Waals surface area contributed by atoms with Crippen LogP contribution in [0.2, 0.25) is 0 Å². The van der Waals surface area contributed by atoms with E-state index in [-0.39, 0.29) is 10.0 Å². The summed E-state index contributed by atoms with van der Waals surface area (Å²) < 4.78 is 39.3. The molecule has 15 heavy (non-hydrogen) atoms. The monoisotopic (exact) mass is 280 g/mol. The molecule has 0 unspecified atom stereocenters. The maximum Gasteiger partial charge on any atom is 0.573 e. The number of nitrogens with zero attached hydrogens (tertiary/aromatic N) is 2. The lowest BCUT2D eigenvalue weighted by Gasteiger charge is -2.11. The van der Waals surface area contributed by atoms with Crippen molar-refractivity contribution in [1.29, 1.82) is 5.26 Å². The minimum Gasteiger partial charge on any atom is -0.403 e. The molecule has 3 nitrogen and oxygen atoms in total. The van der Waals surface area contributed by atoms with Crippen molar-refractivity contribution in [3.8, 4) is 11.8 Å². The van der Waals surface area contributed by atoms with Crippen LogP contribution >= 0.6 is 15.9 Å². The molecule has 1 aromatic rings. The molecule has 0 aliphatic carbocycles. The summed E-state index contributed by atoms with van der Waals surface area (Å²) in [5, 5.41) is 8.67. The van der Waals surface area contributed by atoms with Gasteiger partial charge in [-0.05, 0) is 22.9 Å². The fourth-order valence-corrected chi connectivity index (χ4v) is 1.44. The number of aryl methyl sites for hydroxylation is 1. The van der Waals surface area contributed by atoms with Gasteiger partial charge in [-0.15, -0.1) is 13.2 Å². The highest BCUT2D eigenvalue weighted by atomic mass is 79.9. The van der Waals surface area contributed by atoms with Crippen LogP contribution in [0.15, 0.2) is 10.7 Å². The quantitative estimate of drug-likeness (QED) is 0.795. The smallest absolute Gasteiger partial charge is 0.403 e. The van der Waals surface area contributed by atoms with Crippen molar-refractivity contribution in [2.75, 3.05) is 0 Å². The first-order valence-electron chi connectivity index (χ1n) is 3.66. The Kier molecular flexibility index (Phi) is 3.19. The third-order valence-electron chi connectivity index (χ3n) is 1.51. The van der Waals surface area contributed by atoms with Crippen LogP contribution in [0.4, 0.5) is 13.2 Å². The molecule has 0 bridgehead atoms. The molecule has 0 aromatic carbocycles. The van der Waals surface area contributed by atoms with E-state index < -0.39 is 12.1 Å². The molecule has 80 valence electrons. The van der Waals surface area contributed by atoms with Gasteiger partial charge in [-0.3, -0.25) is 4.98 Å². The molecule has 1 heterocycles. The predicted octanol–water partition coefficient (Wildman–Crippen LogP) is 2.92. The summed E-state index contributed by atoms with van der Waals surface area (Å²) in [6, 6.07) is 1.73. The minimum atomic E-state index is -4.80. The van der Waals surface area contributed by atoms with Crippen LogP contribution in [0.1, 0.15) is 11.3 Å². The number of pyridine rings is 1. The van der Waals surface area contributed by atoms with E-state index in [1.165, 1.54) is 6.92 Å². The molecule has 0 aliphatic heterocycles. The second-order valence-corrected chi connectivity index (χ2v) is 3.35. The average molecular weight is 281 g/mol. The minimum absolute atomic E-state index is 0.0248. The summed E-state index contributed by atoms with van der Waals surface area (Å²) in [5.41, 5.74) is 0.357. The molecule has 1 rings (SSSR count). The summed E-state index contributed by atoms with van der Waals surface area (Å²) in [4.78, 5) is 3.62. The molecule has 1 aromatic heterocycles. The van der Waals surface area contributed by atoms with Gasteiger partial charge in [0.25, 0.3) is 0 Å². The van der Waals surface area contributed by atoms with Crippen LogP contribution < -0.4 is 4.74 Å². The Morgan fingerprint density at radius 3 is 2.60 bits per heavy atom. The lowest BCUT2D eigenvalue weighted by Crippen LogP contribution is -2.18. The molecule has 0 aliphatic rings. The van der Waals surface area contributed by atoms with Gasteiger partial charge < -0.3 is 4.74 Å². The maximum atomic E-state index is 11.9. The summed E-state index contributed by atoms with van der Waals surface area (Å²) >= 11 is 2.86. The van der Waals surface area contributed by atoms with E-state index in [1.807, 2.05) is 0 Å². The highest BCUT2D eigenvalue weighted by molar-refractivity contribution is 9.10. The summed E-state index contributed by atoms with van der Waals surface area (Å²) in [5.74, 6) is -0.523. The molecule has 7 heteroatoms. The van der Waals surface area contributed by atoms with Gasteiger partial charge in [-0.25, -0.2) is 0 Å². The first-order chi connectivity index (χ1) is 6.85. The zero-order chi connectivity index (χ0) is 11.6. The topological polar surface area (TPSA) is 45.9 Å². The van der Waals surface area contributed by atoms with Crippen molar-refractivity contribution in [3.63, 3.8) is 0 Å². The molecule has 0 amide bonds. The molecule has 0 saturated heterocycles. The average Bonchev–Trinajstić information content (AvgIpc) is 2.09. The molecule has 0 atom stereocenters. The zero-order valence-corrected chi connectivity index (χ0v) is 8.98. The Balaban J connectivity index is 3.18.